The molecule has 5 heteroatoms. The highest BCUT2D eigenvalue weighted by Gasteiger charge is 2.13. The van der Waals surface area contributed by atoms with Gasteiger partial charge in [0.25, 0.3) is 0 Å². The summed E-state index contributed by atoms with van der Waals surface area (Å²) < 4.78 is 0. The minimum atomic E-state index is -0.300. The van der Waals surface area contributed by atoms with E-state index >= 15 is 0 Å². The van der Waals surface area contributed by atoms with E-state index in [0.717, 1.165) is 16.8 Å². The Morgan fingerprint density at radius 1 is 1.35 bits per heavy atom. The van der Waals surface area contributed by atoms with Crippen molar-refractivity contribution in [3.8, 4) is 0 Å². The zero-order valence-electron chi connectivity index (χ0n) is 10.6. The van der Waals surface area contributed by atoms with Crippen molar-refractivity contribution in [1.82, 2.24) is 4.90 Å². The minimum Gasteiger partial charge on any atom is -0.369 e. The Morgan fingerprint density at radius 2 is 1.88 bits per heavy atom. The Labute approximate surface area is 101 Å². The van der Waals surface area contributed by atoms with Gasteiger partial charge in [0.05, 0.1) is 0 Å². The Balaban J connectivity index is 2.89. The predicted molar refractivity (Wildman–Crippen MR) is 70.2 cm³/mol. The van der Waals surface area contributed by atoms with E-state index in [9.17, 15) is 4.79 Å². The lowest BCUT2D eigenvalue weighted by atomic mass is 10.1. The SMILES string of the molecule is CN=C(N)N(C)C(=O)Nc1c(C)cccc1C. The average Bonchev–Trinajstić information content (AvgIpc) is 2.31. The van der Waals surface area contributed by atoms with Crippen molar-refractivity contribution >= 4 is 17.7 Å². The van der Waals surface area contributed by atoms with E-state index in [1.807, 2.05) is 32.0 Å². The molecule has 1 aromatic carbocycles. The highest BCUT2D eigenvalue weighted by atomic mass is 16.2. The number of anilines is 1. The third-order valence-corrected chi connectivity index (χ3v) is 2.59. The first-order valence-electron chi connectivity index (χ1n) is 5.30. The largest absolute Gasteiger partial charge is 0.369 e. The summed E-state index contributed by atoms with van der Waals surface area (Å²) in [5, 5.41) is 2.82. The number of benzene rings is 1. The normalized spacial score (nSPS) is 11.2. The number of amides is 2. The van der Waals surface area contributed by atoms with Crippen LogP contribution >= 0.6 is 0 Å². The van der Waals surface area contributed by atoms with Crippen LogP contribution in [0.25, 0.3) is 0 Å². The minimum absolute atomic E-state index is 0.175. The molecule has 0 fully saturated rings. The van der Waals surface area contributed by atoms with E-state index in [4.69, 9.17) is 5.73 Å². The number of carbonyl (C=O) groups excluding carboxylic acids is 1. The quantitative estimate of drug-likeness (QED) is 0.573. The number of hydrogen-bond acceptors (Lipinski definition) is 2. The van der Waals surface area contributed by atoms with Crippen LogP contribution in [-0.2, 0) is 0 Å². The molecule has 0 unspecified atom stereocenters. The molecule has 0 aliphatic heterocycles. The van der Waals surface area contributed by atoms with Crippen molar-refractivity contribution in [2.45, 2.75) is 13.8 Å². The number of aliphatic imine (C=N–C) groups is 1. The van der Waals surface area contributed by atoms with Gasteiger partial charge in [0, 0.05) is 19.8 Å². The van der Waals surface area contributed by atoms with E-state index in [-0.39, 0.29) is 12.0 Å². The van der Waals surface area contributed by atoms with E-state index < -0.39 is 0 Å². The standard InChI is InChI=1S/C12H18N4O/c1-8-6-5-7-9(2)10(8)15-12(17)16(4)11(13)14-3/h5-7H,1-4H3,(H2,13,14)(H,15,17). The van der Waals surface area contributed by atoms with Gasteiger partial charge in [-0.05, 0) is 25.0 Å². The molecular formula is C12H18N4O. The number of hydrogen-bond donors (Lipinski definition) is 2. The Kier molecular flexibility index (Phi) is 4.09. The number of aryl methyl sites for hydroxylation is 2. The number of carbonyl (C=O) groups is 1. The summed E-state index contributed by atoms with van der Waals surface area (Å²) in [7, 11) is 3.11. The summed E-state index contributed by atoms with van der Waals surface area (Å²) in [5.74, 6) is 0.175. The molecule has 0 saturated carbocycles. The fourth-order valence-corrected chi connectivity index (χ4v) is 1.46. The first kappa shape index (κ1) is 13.0. The molecule has 1 rings (SSSR count). The Morgan fingerprint density at radius 3 is 2.35 bits per heavy atom. The van der Waals surface area contributed by atoms with Crippen molar-refractivity contribution in [3.05, 3.63) is 29.3 Å². The molecule has 0 spiro atoms. The van der Waals surface area contributed by atoms with Gasteiger partial charge in [-0.15, -0.1) is 0 Å². The van der Waals surface area contributed by atoms with Crippen molar-refractivity contribution < 1.29 is 4.79 Å². The molecule has 0 aliphatic rings. The Bertz CT molecular complexity index is 434. The molecule has 0 aromatic heterocycles. The number of urea groups is 1. The zero-order valence-corrected chi connectivity index (χ0v) is 10.6. The highest BCUT2D eigenvalue weighted by molar-refractivity contribution is 6.02. The molecule has 92 valence electrons. The van der Waals surface area contributed by atoms with Crippen LogP contribution in [-0.4, -0.2) is 31.0 Å². The number of guanidine groups is 1. The van der Waals surface area contributed by atoms with Crippen LogP contribution in [0, 0.1) is 13.8 Å². The summed E-state index contributed by atoms with van der Waals surface area (Å²) in [6.45, 7) is 3.89. The maximum Gasteiger partial charge on any atom is 0.328 e. The van der Waals surface area contributed by atoms with E-state index in [0.29, 0.717) is 0 Å². The summed E-state index contributed by atoms with van der Waals surface area (Å²) >= 11 is 0. The predicted octanol–water partition coefficient (Wildman–Crippen LogP) is 1.71. The molecule has 0 saturated heterocycles. The van der Waals surface area contributed by atoms with Gasteiger partial charge >= 0.3 is 6.03 Å². The van der Waals surface area contributed by atoms with Crippen molar-refractivity contribution in [2.24, 2.45) is 10.7 Å². The van der Waals surface area contributed by atoms with Crippen LogP contribution in [0.3, 0.4) is 0 Å². The van der Waals surface area contributed by atoms with Crippen molar-refractivity contribution in [2.75, 3.05) is 19.4 Å². The first-order chi connectivity index (χ1) is 7.97. The van der Waals surface area contributed by atoms with Gasteiger partial charge < -0.3 is 11.1 Å². The van der Waals surface area contributed by atoms with Gasteiger partial charge in [-0.1, -0.05) is 18.2 Å². The summed E-state index contributed by atoms with van der Waals surface area (Å²) in [5.41, 5.74) is 8.40. The maximum atomic E-state index is 11.9. The second kappa shape index (κ2) is 5.34. The number of nitrogens with two attached hydrogens (primary N) is 1. The molecule has 17 heavy (non-hydrogen) atoms. The number of nitrogens with one attached hydrogen (secondary N) is 1. The van der Waals surface area contributed by atoms with E-state index in [1.165, 1.54) is 11.9 Å². The number of para-hydroxylation sites is 1. The number of nitrogens with zero attached hydrogens (tertiary/aromatic N) is 2. The van der Waals surface area contributed by atoms with Gasteiger partial charge in [-0.2, -0.15) is 0 Å². The average molecular weight is 234 g/mol. The third kappa shape index (κ3) is 2.96. The molecule has 2 amide bonds. The molecular weight excluding hydrogens is 216 g/mol. The molecule has 0 radical (unpaired) electrons. The van der Waals surface area contributed by atoms with Gasteiger partial charge in [0.1, 0.15) is 0 Å². The van der Waals surface area contributed by atoms with Gasteiger partial charge in [0.15, 0.2) is 5.96 Å². The summed E-state index contributed by atoms with van der Waals surface area (Å²) in [6, 6.07) is 5.54. The molecule has 0 heterocycles. The third-order valence-electron chi connectivity index (χ3n) is 2.59. The molecule has 0 atom stereocenters. The van der Waals surface area contributed by atoms with E-state index in [2.05, 4.69) is 10.3 Å². The lowest BCUT2D eigenvalue weighted by Crippen LogP contribution is -2.41. The number of rotatable bonds is 1. The molecule has 3 N–H and O–H groups in total. The molecule has 0 bridgehead atoms. The van der Waals surface area contributed by atoms with E-state index in [1.54, 1.807) is 7.05 Å². The van der Waals surface area contributed by atoms with Gasteiger partial charge in [-0.3, -0.25) is 9.89 Å². The fraction of sp³-hybridized carbons (Fsp3) is 0.333. The lowest BCUT2D eigenvalue weighted by molar-refractivity contribution is 0.238. The van der Waals surface area contributed by atoms with Crippen LogP contribution in [0.5, 0.6) is 0 Å². The van der Waals surface area contributed by atoms with Crippen LogP contribution in [0.4, 0.5) is 10.5 Å². The monoisotopic (exact) mass is 234 g/mol. The summed E-state index contributed by atoms with van der Waals surface area (Å²) in [4.78, 5) is 16.9. The molecule has 5 nitrogen and oxygen atoms in total. The van der Waals surface area contributed by atoms with Crippen LogP contribution in [0.2, 0.25) is 0 Å². The molecule has 0 aliphatic carbocycles. The zero-order chi connectivity index (χ0) is 13.0. The maximum absolute atomic E-state index is 11.9. The van der Waals surface area contributed by atoms with Gasteiger partial charge in [-0.25, -0.2) is 4.79 Å². The fourth-order valence-electron chi connectivity index (χ4n) is 1.46. The van der Waals surface area contributed by atoms with Crippen molar-refractivity contribution in [3.63, 3.8) is 0 Å². The Hall–Kier alpha value is -2.04. The smallest absolute Gasteiger partial charge is 0.328 e. The van der Waals surface area contributed by atoms with Crippen LogP contribution in [0.15, 0.2) is 23.2 Å². The topological polar surface area (TPSA) is 70.7 Å². The van der Waals surface area contributed by atoms with Crippen LogP contribution in [0.1, 0.15) is 11.1 Å². The second-order valence-corrected chi connectivity index (χ2v) is 3.84. The lowest BCUT2D eigenvalue weighted by Gasteiger charge is -2.18. The van der Waals surface area contributed by atoms with Crippen molar-refractivity contribution in [1.29, 1.82) is 0 Å². The van der Waals surface area contributed by atoms with Gasteiger partial charge in [0.2, 0.25) is 0 Å². The van der Waals surface area contributed by atoms with Crippen LogP contribution < -0.4 is 11.1 Å². The first-order valence-corrected chi connectivity index (χ1v) is 5.30. The summed E-state index contributed by atoms with van der Waals surface area (Å²) in [6.07, 6.45) is 0. The second-order valence-electron chi connectivity index (χ2n) is 3.84. The molecule has 1 aromatic rings. The highest BCUT2D eigenvalue weighted by Crippen LogP contribution is 2.19.